The second kappa shape index (κ2) is 11.5. The summed E-state index contributed by atoms with van der Waals surface area (Å²) in [7, 11) is 0. The monoisotopic (exact) mass is 554 g/mol. The first kappa shape index (κ1) is 26.6. The summed E-state index contributed by atoms with van der Waals surface area (Å²) in [6.45, 7) is 6.26. The summed E-state index contributed by atoms with van der Waals surface area (Å²) >= 11 is 0. The number of esters is 2. The molecule has 6 aromatic rings. The molecule has 0 bridgehead atoms. The van der Waals surface area contributed by atoms with E-state index < -0.39 is 11.9 Å². The average Bonchev–Trinajstić information content (AvgIpc) is 3.02. The minimum Gasteiger partial charge on any atom is -0.481 e. The van der Waals surface area contributed by atoms with Crippen LogP contribution in [0.3, 0.4) is 0 Å². The minimum absolute atomic E-state index is 0.334. The van der Waals surface area contributed by atoms with Crippen molar-refractivity contribution in [3.05, 3.63) is 123 Å². The van der Waals surface area contributed by atoms with Crippen LogP contribution in [0.15, 0.2) is 123 Å². The molecule has 0 atom stereocenters. The lowest BCUT2D eigenvalue weighted by Gasteiger charge is -2.20. The predicted molar refractivity (Wildman–Crippen MR) is 165 cm³/mol. The molecular formula is C36H26O6. The fraction of sp³-hybridized carbons (Fsp3) is 0.0556. The molecule has 0 N–H and O–H groups in total. The number of benzene rings is 6. The predicted octanol–water partition coefficient (Wildman–Crippen LogP) is 8.10. The SMILES string of the molecule is C=COC(=O)COc1c(-c2ccc3ccc4ccccc4c3c2OCC(=O)OC=C)ccc2ccc3ccccc3c12. The lowest BCUT2D eigenvalue weighted by atomic mass is 9.92. The van der Waals surface area contributed by atoms with E-state index >= 15 is 0 Å². The van der Waals surface area contributed by atoms with Crippen molar-refractivity contribution >= 4 is 55.0 Å². The molecule has 6 nitrogen and oxygen atoms in total. The third kappa shape index (κ3) is 4.90. The zero-order valence-corrected chi connectivity index (χ0v) is 22.7. The zero-order chi connectivity index (χ0) is 29.1. The van der Waals surface area contributed by atoms with Crippen LogP contribution in [0.2, 0.25) is 0 Å². The van der Waals surface area contributed by atoms with Crippen LogP contribution >= 0.6 is 0 Å². The Kier molecular flexibility index (Phi) is 7.26. The molecule has 0 saturated heterocycles. The highest BCUT2D eigenvalue weighted by Gasteiger charge is 2.21. The van der Waals surface area contributed by atoms with Gasteiger partial charge in [-0.1, -0.05) is 98.1 Å². The van der Waals surface area contributed by atoms with E-state index in [9.17, 15) is 9.59 Å². The van der Waals surface area contributed by atoms with Crippen molar-refractivity contribution in [2.24, 2.45) is 0 Å². The molecule has 6 heteroatoms. The van der Waals surface area contributed by atoms with Gasteiger partial charge < -0.3 is 18.9 Å². The van der Waals surface area contributed by atoms with Crippen LogP contribution in [0.25, 0.3) is 54.2 Å². The van der Waals surface area contributed by atoms with Crippen LogP contribution in [0.4, 0.5) is 0 Å². The van der Waals surface area contributed by atoms with Crippen molar-refractivity contribution in [1.82, 2.24) is 0 Å². The standard InChI is InChI=1S/C36H26O6/c1-3-39-31(37)21-41-35-29(19-17-25-15-13-23-9-5-7-11-27(23)33(25)35)30-20-18-26-16-14-24-10-6-8-12-28(24)34(26)36(30)42-22-32(38)40-4-2/h3-20H,1-2,21-22H2. The van der Waals surface area contributed by atoms with Gasteiger partial charge >= 0.3 is 11.9 Å². The zero-order valence-electron chi connectivity index (χ0n) is 22.7. The molecule has 0 fully saturated rings. The Morgan fingerprint density at radius 3 is 1.33 bits per heavy atom. The number of hydrogen-bond acceptors (Lipinski definition) is 6. The van der Waals surface area contributed by atoms with Crippen molar-refractivity contribution < 1.29 is 28.5 Å². The lowest BCUT2D eigenvalue weighted by molar-refractivity contribution is -0.141. The fourth-order valence-corrected chi connectivity index (χ4v) is 5.37. The first-order valence-corrected chi connectivity index (χ1v) is 13.3. The largest absolute Gasteiger partial charge is 0.481 e. The van der Waals surface area contributed by atoms with Crippen molar-refractivity contribution in [2.45, 2.75) is 0 Å². The van der Waals surface area contributed by atoms with E-state index in [-0.39, 0.29) is 13.2 Å². The summed E-state index contributed by atoms with van der Waals surface area (Å²) in [5.74, 6) is -0.186. The van der Waals surface area contributed by atoms with Gasteiger partial charge in [0.2, 0.25) is 0 Å². The van der Waals surface area contributed by atoms with Crippen molar-refractivity contribution in [1.29, 1.82) is 0 Å². The van der Waals surface area contributed by atoms with E-state index in [0.29, 0.717) is 22.6 Å². The maximum Gasteiger partial charge on any atom is 0.348 e. The van der Waals surface area contributed by atoms with Gasteiger partial charge in [-0.05, 0) is 44.5 Å². The van der Waals surface area contributed by atoms with Gasteiger partial charge in [-0.15, -0.1) is 0 Å². The maximum absolute atomic E-state index is 12.4. The van der Waals surface area contributed by atoms with Crippen molar-refractivity contribution in [2.75, 3.05) is 13.2 Å². The average molecular weight is 555 g/mol. The third-order valence-corrected chi connectivity index (χ3v) is 7.11. The molecule has 0 unspecified atom stereocenters. The Bertz CT molecular complexity index is 1880. The number of rotatable bonds is 9. The van der Waals surface area contributed by atoms with Crippen LogP contribution in [0.1, 0.15) is 0 Å². The van der Waals surface area contributed by atoms with Crippen LogP contribution < -0.4 is 9.47 Å². The fourth-order valence-electron chi connectivity index (χ4n) is 5.37. The summed E-state index contributed by atoms with van der Waals surface area (Å²) < 4.78 is 22.4. The summed E-state index contributed by atoms with van der Waals surface area (Å²) in [5, 5.41) is 7.53. The van der Waals surface area contributed by atoms with E-state index in [1.807, 2.05) is 84.9 Å². The van der Waals surface area contributed by atoms with Gasteiger partial charge in [0.15, 0.2) is 13.2 Å². The summed E-state index contributed by atoms with van der Waals surface area (Å²) in [6, 6.07) is 32.0. The van der Waals surface area contributed by atoms with Gasteiger partial charge in [0.05, 0.1) is 12.5 Å². The van der Waals surface area contributed by atoms with Gasteiger partial charge in [-0.2, -0.15) is 0 Å². The first-order valence-electron chi connectivity index (χ1n) is 13.3. The molecule has 0 aliphatic rings. The molecule has 0 heterocycles. The molecule has 6 rings (SSSR count). The number of fused-ring (bicyclic) bond motifs is 6. The van der Waals surface area contributed by atoms with Gasteiger partial charge in [0.1, 0.15) is 11.5 Å². The normalized spacial score (nSPS) is 11.0. The lowest BCUT2D eigenvalue weighted by Crippen LogP contribution is -2.14. The Labute approximate surface area is 242 Å². The van der Waals surface area contributed by atoms with Crippen LogP contribution in [-0.4, -0.2) is 25.2 Å². The third-order valence-electron chi connectivity index (χ3n) is 7.11. The Morgan fingerprint density at radius 2 is 0.905 bits per heavy atom. The van der Waals surface area contributed by atoms with Gasteiger partial charge in [-0.25, -0.2) is 9.59 Å². The van der Waals surface area contributed by atoms with Gasteiger partial charge in [0, 0.05) is 21.9 Å². The smallest absolute Gasteiger partial charge is 0.348 e. The van der Waals surface area contributed by atoms with Crippen molar-refractivity contribution in [3.8, 4) is 22.6 Å². The molecule has 0 saturated carbocycles. The molecule has 42 heavy (non-hydrogen) atoms. The number of carbonyl (C=O) groups is 2. The molecule has 0 aliphatic carbocycles. The molecule has 206 valence electrons. The second-order valence-corrected chi connectivity index (χ2v) is 9.54. The van der Waals surface area contributed by atoms with E-state index in [1.54, 1.807) is 0 Å². The van der Waals surface area contributed by atoms with Gasteiger partial charge in [0.25, 0.3) is 0 Å². The highest BCUT2D eigenvalue weighted by Crippen LogP contribution is 2.47. The quantitative estimate of drug-likeness (QED) is 0.102. The highest BCUT2D eigenvalue weighted by molar-refractivity contribution is 6.16. The summed E-state index contributed by atoms with van der Waals surface area (Å²) in [5.41, 5.74) is 1.37. The van der Waals surface area contributed by atoms with Crippen LogP contribution in [0, 0.1) is 0 Å². The minimum atomic E-state index is -0.582. The second-order valence-electron chi connectivity index (χ2n) is 9.54. The molecule has 0 aromatic heterocycles. The molecule has 0 aliphatic heterocycles. The molecular weight excluding hydrogens is 528 g/mol. The van der Waals surface area contributed by atoms with Gasteiger partial charge in [-0.3, -0.25) is 0 Å². The Hall–Kier alpha value is -5.62. The van der Waals surface area contributed by atoms with E-state index in [2.05, 4.69) is 25.3 Å². The number of ether oxygens (including phenoxy) is 4. The molecule has 6 aromatic carbocycles. The van der Waals surface area contributed by atoms with E-state index in [0.717, 1.165) is 55.6 Å². The number of carbonyl (C=O) groups excluding carboxylic acids is 2. The molecule has 0 radical (unpaired) electrons. The number of hydrogen-bond donors (Lipinski definition) is 0. The Morgan fingerprint density at radius 1 is 0.524 bits per heavy atom. The van der Waals surface area contributed by atoms with Crippen LogP contribution in [-0.2, 0) is 19.1 Å². The van der Waals surface area contributed by atoms with Crippen molar-refractivity contribution in [3.63, 3.8) is 0 Å². The first-order chi connectivity index (χ1) is 20.6. The summed E-state index contributed by atoms with van der Waals surface area (Å²) in [4.78, 5) is 24.8. The van der Waals surface area contributed by atoms with Crippen LogP contribution in [0.5, 0.6) is 11.5 Å². The molecule has 0 amide bonds. The van der Waals surface area contributed by atoms with E-state index in [1.165, 1.54) is 0 Å². The Balaban J connectivity index is 1.66. The molecule has 0 spiro atoms. The summed E-state index contributed by atoms with van der Waals surface area (Å²) in [6.07, 6.45) is 2.15. The highest BCUT2D eigenvalue weighted by atomic mass is 16.6. The van der Waals surface area contributed by atoms with E-state index in [4.69, 9.17) is 18.9 Å². The topological polar surface area (TPSA) is 71.1 Å². The maximum atomic E-state index is 12.4.